The first-order chi connectivity index (χ1) is 9.32. The molecule has 0 radical (unpaired) electrons. The molecular formula is C10H18N6O3S. The van der Waals surface area contributed by atoms with E-state index >= 15 is 0 Å². The van der Waals surface area contributed by atoms with Crippen molar-refractivity contribution in [1.82, 2.24) is 23.7 Å². The van der Waals surface area contributed by atoms with Gasteiger partial charge in [0.2, 0.25) is 0 Å². The maximum absolute atomic E-state index is 12.1. The van der Waals surface area contributed by atoms with Crippen molar-refractivity contribution in [1.29, 1.82) is 0 Å². The van der Waals surface area contributed by atoms with Crippen LogP contribution >= 0.6 is 0 Å². The van der Waals surface area contributed by atoms with E-state index in [4.69, 9.17) is 5.73 Å². The first-order valence-electron chi connectivity index (χ1n) is 6.10. The first-order valence-corrected chi connectivity index (χ1v) is 7.50. The van der Waals surface area contributed by atoms with Gasteiger partial charge in [0.05, 0.1) is 0 Å². The standard InChI is InChI=1S/C10H18N6O3S/c1-14(2)20(18,19)16-5-3-15(4-6-16)10(17)8-7-9(11)13-12-8/h7H,3-6H2,1-2H3,(H3,11,12,13). The van der Waals surface area contributed by atoms with Crippen LogP contribution < -0.4 is 5.73 Å². The molecule has 20 heavy (non-hydrogen) atoms. The minimum atomic E-state index is -3.42. The number of rotatable bonds is 3. The van der Waals surface area contributed by atoms with Crippen molar-refractivity contribution in [3.05, 3.63) is 11.8 Å². The van der Waals surface area contributed by atoms with E-state index in [-0.39, 0.29) is 24.8 Å². The molecule has 1 fully saturated rings. The van der Waals surface area contributed by atoms with E-state index in [1.54, 1.807) is 4.90 Å². The maximum atomic E-state index is 12.1. The quantitative estimate of drug-likeness (QED) is 0.709. The Balaban J connectivity index is 2.00. The first kappa shape index (κ1) is 14.8. The Bertz CT molecular complexity index is 588. The molecule has 2 heterocycles. The van der Waals surface area contributed by atoms with E-state index in [9.17, 15) is 13.2 Å². The fourth-order valence-corrected chi connectivity index (χ4v) is 3.06. The number of nitrogens with one attached hydrogen (secondary N) is 1. The monoisotopic (exact) mass is 302 g/mol. The third-order valence-corrected chi connectivity index (χ3v) is 5.08. The van der Waals surface area contributed by atoms with Crippen LogP contribution in [0.5, 0.6) is 0 Å². The topological polar surface area (TPSA) is 116 Å². The Morgan fingerprint density at radius 3 is 2.40 bits per heavy atom. The average molecular weight is 302 g/mol. The predicted octanol–water partition coefficient (Wildman–Crippen LogP) is -1.44. The third kappa shape index (κ3) is 2.76. The van der Waals surface area contributed by atoms with Gasteiger partial charge in [-0.2, -0.15) is 22.1 Å². The number of nitrogen functional groups attached to an aromatic ring is 1. The summed E-state index contributed by atoms with van der Waals surface area (Å²) in [6.07, 6.45) is 0. The second-order valence-electron chi connectivity index (χ2n) is 4.69. The summed E-state index contributed by atoms with van der Waals surface area (Å²) in [5, 5.41) is 6.26. The number of nitrogens with zero attached hydrogens (tertiary/aromatic N) is 4. The molecule has 1 aliphatic rings. The second-order valence-corrected chi connectivity index (χ2v) is 6.83. The normalized spacial score (nSPS) is 17.6. The van der Waals surface area contributed by atoms with Gasteiger partial charge in [-0.25, -0.2) is 0 Å². The number of hydrogen-bond donors (Lipinski definition) is 2. The summed E-state index contributed by atoms with van der Waals surface area (Å²) in [5.41, 5.74) is 5.76. The summed E-state index contributed by atoms with van der Waals surface area (Å²) in [7, 11) is -0.448. The zero-order chi connectivity index (χ0) is 14.9. The molecule has 1 saturated heterocycles. The van der Waals surface area contributed by atoms with Crippen molar-refractivity contribution in [3.63, 3.8) is 0 Å². The van der Waals surface area contributed by atoms with Crippen LogP contribution in [0, 0.1) is 0 Å². The van der Waals surface area contributed by atoms with Gasteiger partial charge in [-0.05, 0) is 0 Å². The molecule has 1 amide bonds. The Morgan fingerprint density at radius 2 is 1.95 bits per heavy atom. The number of carbonyl (C=O) groups is 1. The number of hydrogen-bond acceptors (Lipinski definition) is 5. The van der Waals surface area contributed by atoms with Crippen molar-refractivity contribution in [2.24, 2.45) is 0 Å². The number of nitrogens with two attached hydrogens (primary N) is 1. The molecule has 3 N–H and O–H groups in total. The number of aromatic amines is 1. The van der Waals surface area contributed by atoms with E-state index in [1.807, 2.05) is 0 Å². The molecule has 0 unspecified atom stereocenters. The van der Waals surface area contributed by atoms with Crippen LogP contribution in [0.15, 0.2) is 6.07 Å². The van der Waals surface area contributed by atoms with Gasteiger partial charge in [-0.3, -0.25) is 9.89 Å². The Labute approximate surface area is 117 Å². The highest BCUT2D eigenvalue weighted by Gasteiger charge is 2.30. The molecular weight excluding hydrogens is 284 g/mol. The number of carbonyl (C=O) groups excluding carboxylic acids is 1. The summed E-state index contributed by atoms with van der Waals surface area (Å²) in [4.78, 5) is 13.7. The second kappa shape index (κ2) is 5.38. The maximum Gasteiger partial charge on any atom is 0.281 e. The zero-order valence-corrected chi connectivity index (χ0v) is 12.2. The molecule has 9 nitrogen and oxygen atoms in total. The summed E-state index contributed by atoms with van der Waals surface area (Å²) in [6, 6.07) is 1.46. The largest absolute Gasteiger partial charge is 0.382 e. The lowest BCUT2D eigenvalue weighted by molar-refractivity contribution is 0.0689. The lowest BCUT2D eigenvalue weighted by Gasteiger charge is -2.34. The molecule has 1 aliphatic heterocycles. The molecule has 1 aromatic rings. The van der Waals surface area contributed by atoms with Gasteiger partial charge >= 0.3 is 0 Å². The molecule has 0 aliphatic carbocycles. The number of amides is 1. The van der Waals surface area contributed by atoms with Crippen LogP contribution in [0.1, 0.15) is 10.5 Å². The molecule has 2 rings (SSSR count). The molecule has 0 bridgehead atoms. The van der Waals surface area contributed by atoms with Crippen molar-refractivity contribution < 1.29 is 13.2 Å². The number of aromatic nitrogens is 2. The van der Waals surface area contributed by atoms with Crippen molar-refractivity contribution in [2.75, 3.05) is 46.0 Å². The summed E-state index contributed by atoms with van der Waals surface area (Å²) >= 11 is 0. The SMILES string of the molecule is CN(C)S(=O)(=O)N1CCN(C(=O)c2cc(N)n[nH]2)CC1. The molecule has 10 heteroatoms. The lowest BCUT2D eigenvalue weighted by Crippen LogP contribution is -2.53. The molecule has 1 aromatic heterocycles. The minimum Gasteiger partial charge on any atom is -0.382 e. The summed E-state index contributed by atoms with van der Waals surface area (Å²) < 4.78 is 26.4. The van der Waals surface area contributed by atoms with Gasteiger partial charge in [0, 0.05) is 46.3 Å². The number of piperazine rings is 1. The molecule has 0 atom stereocenters. The van der Waals surface area contributed by atoms with E-state index in [0.717, 1.165) is 0 Å². The van der Waals surface area contributed by atoms with Crippen molar-refractivity contribution in [3.8, 4) is 0 Å². The van der Waals surface area contributed by atoms with E-state index in [1.165, 1.54) is 28.8 Å². The summed E-state index contributed by atoms with van der Waals surface area (Å²) in [6.45, 7) is 1.22. The van der Waals surface area contributed by atoms with Crippen LogP contribution in [-0.4, -0.2) is 78.3 Å². The van der Waals surface area contributed by atoms with Crippen molar-refractivity contribution >= 4 is 21.9 Å². The molecule has 0 spiro atoms. The fraction of sp³-hybridized carbons (Fsp3) is 0.600. The van der Waals surface area contributed by atoms with Crippen LogP contribution in [0.3, 0.4) is 0 Å². The van der Waals surface area contributed by atoms with E-state index in [0.29, 0.717) is 18.8 Å². The minimum absolute atomic E-state index is 0.226. The Kier molecular flexibility index (Phi) is 3.97. The van der Waals surface area contributed by atoms with Gasteiger partial charge in [0.25, 0.3) is 16.1 Å². The van der Waals surface area contributed by atoms with Crippen LogP contribution in [0.4, 0.5) is 5.82 Å². The van der Waals surface area contributed by atoms with Gasteiger partial charge < -0.3 is 10.6 Å². The highest BCUT2D eigenvalue weighted by Crippen LogP contribution is 2.12. The zero-order valence-electron chi connectivity index (χ0n) is 11.4. The Hall–Kier alpha value is -1.65. The Morgan fingerprint density at radius 1 is 1.35 bits per heavy atom. The van der Waals surface area contributed by atoms with Gasteiger partial charge in [-0.15, -0.1) is 0 Å². The fourth-order valence-electron chi connectivity index (χ4n) is 1.97. The molecule has 0 aromatic carbocycles. The third-order valence-electron chi connectivity index (χ3n) is 3.14. The highest BCUT2D eigenvalue weighted by atomic mass is 32.2. The van der Waals surface area contributed by atoms with Gasteiger partial charge in [-0.1, -0.05) is 0 Å². The van der Waals surface area contributed by atoms with Gasteiger partial charge in [0.1, 0.15) is 11.5 Å². The lowest BCUT2D eigenvalue weighted by atomic mass is 10.3. The predicted molar refractivity (Wildman–Crippen MR) is 73.1 cm³/mol. The number of anilines is 1. The van der Waals surface area contributed by atoms with Gasteiger partial charge in [0.15, 0.2) is 0 Å². The summed E-state index contributed by atoms with van der Waals surface area (Å²) in [5.74, 6) is 0.0262. The van der Waals surface area contributed by atoms with E-state index < -0.39 is 10.2 Å². The van der Waals surface area contributed by atoms with E-state index in [2.05, 4.69) is 10.2 Å². The van der Waals surface area contributed by atoms with Crippen molar-refractivity contribution in [2.45, 2.75) is 0 Å². The molecule has 112 valence electrons. The van der Waals surface area contributed by atoms with Crippen LogP contribution in [0.2, 0.25) is 0 Å². The average Bonchev–Trinajstić information content (AvgIpc) is 2.84. The highest BCUT2D eigenvalue weighted by molar-refractivity contribution is 7.86. The molecule has 0 saturated carbocycles. The number of H-pyrrole nitrogens is 1. The van der Waals surface area contributed by atoms with Crippen LogP contribution in [-0.2, 0) is 10.2 Å². The smallest absolute Gasteiger partial charge is 0.281 e. The van der Waals surface area contributed by atoms with Crippen LogP contribution in [0.25, 0.3) is 0 Å².